The van der Waals surface area contributed by atoms with Crippen molar-refractivity contribution in [3.63, 3.8) is 0 Å². The highest BCUT2D eigenvalue weighted by Gasteiger charge is 2.14. The first-order valence-corrected chi connectivity index (χ1v) is 7.25. The Labute approximate surface area is 120 Å². The monoisotopic (exact) mass is 274 g/mol. The van der Waals surface area contributed by atoms with Gasteiger partial charge in [-0.15, -0.1) is 0 Å². The maximum absolute atomic E-state index is 11.4. The fourth-order valence-electron chi connectivity index (χ4n) is 2.37. The number of ether oxygens (including phenoxy) is 2. The minimum absolute atomic E-state index is 0.391. The molecule has 1 aromatic carbocycles. The van der Waals surface area contributed by atoms with E-state index in [1.54, 1.807) is 19.1 Å². The molecule has 0 unspecified atom stereocenters. The average molecular weight is 274 g/mol. The van der Waals surface area contributed by atoms with E-state index in [4.69, 9.17) is 9.47 Å². The predicted molar refractivity (Wildman–Crippen MR) is 79.0 cm³/mol. The maximum Gasteiger partial charge on any atom is 0.338 e. The van der Waals surface area contributed by atoms with Gasteiger partial charge in [-0.2, -0.15) is 0 Å². The van der Waals surface area contributed by atoms with Crippen LogP contribution in [0.25, 0.3) is 0 Å². The molecule has 1 aromatic rings. The fraction of sp³-hybridized carbons (Fsp3) is 0.471. The number of hydrogen-bond donors (Lipinski definition) is 0. The van der Waals surface area contributed by atoms with Crippen molar-refractivity contribution in [2.24, 2.45) is 5.92 Å². The van der Waals surface area contributed by atoms with Crippen molar-refractivity contribution in [1.82, 2.24) is 0 Å². The van der Waals surface area contributed by atoms with E-state index in [1.807, 2.05) is 12.1 Å². The zero-order chi connectivity index (χ0) is 14.4. The minimum Gasteiger partial charge on any atom is -0.493 e. The molecule has 0 heterocycles. The molecule has 108 valence electrons. The Morgan fingerprint density at radius 1 is 1.15 bits per heavy atom. The Kier molecular flexibility index (Phi) is 5.22. The number of rotatable bonds is 5. The Hall–Kier alpha value is -1.77. The number of carbonyl (C=O) groups excluding carboxylic acids is 1. The number of carbonyl (C=O) groups is 1. The highest BCUT2D eigenvalue weighted by Crippen LogP contribution is 2.25. The second kappa shape index (κ2) is 7.13. The Balaban J connectivity index is 1.81. The van der Waals surface area contributed by atoms with E-state index in [0.717, 1.165) is 12.4 Å². The van der Waals surface area contributed by atoms with Crippen LogP contribution in [0.4, 0.5) is 0 Å². The highest BCUT2D eigenvalue weighted by atomic mass is 16.5. The predicted octanol–water partition coefficient (Wildman–Crippen LogP) is 4.13. The summed E-state index contributed by atoms with van der Waals surface area (Å²) in [6.45, 7) is 5.96. The maximum atomic E-state index is 11.4. The summed E-state index contributed by atoms with van der Waals surface area (Å²) in [5.41, 5.74) is 0.391. The molecule has 0 aromatic heterocycles. The number of esters is 1. The molecular weight excluding hydrogens is 252 g/mol. The van der Waals surface area contributed by atoms with E-state index in [9.17, 15) is 4.79 Å². The second-order valence-electron chi connectivity index (χ2n) is 5.46. The van der Waals surface area contributed by atoms with Crippen LogP contribution in [0.5, 0.6) is 11.5 Å². The largest absolute Gasteiger partial charge is 0.493 e. The third kappa shape index (κ3) is 4.41. The number of hydrogen-bond acceptors (Lipinski definition) is 3. The first-order valence-electron chi connectivity index (χ1n) is 7.25. The Bertz CT molecular complexity index is 456. The van der Waals surface area contributed by atoms with Gasteiger partial charge in [0.1, 0.15) is 11.5 Å². The SMILES string of the molecule is C=C(C)C(=O)Oc1ccc(OCC2CCCCC2)cc1. The van der Waals surface area contributed by atoms with Crippen LogP contribution in [0, 0.1) is 5.92 Å². The van der Waals surface area contributed by atoms with Crippen LogP contribution in [0.15, 0.2) is 36.4 Å². The summed E-state index contributed by atoms with van der Waals surface area (Å²) >= 11 is 0. The molecule has 1 saturated carbocycles. The van der Waals surface area contributed by atoms with E-state index in [2.05, 4.69) is 6.58 Å². The quantitative estimate of drug-likeness (QED) is 0.460. The lowest BCUT2D eigenvalue weighted by atomic mass is 9.90. The molecule has 0 radical (unpaired) electrons. The van der Waals surface area contributed by atoms with Gasteiger partial charge in [0.2, 0.25) is 0 Å². The van der Waals surface area contributed by atoms with Crippen LogP contribution in [0.1, 0.15) is 39.0 Å². The summed E-state index contributed by atoms with van der Waals surface area (Å²) in [6, 6.07) is 7.17. The third-order valence-corrected chi connectivity index (χ3v) is 3.59. The van der Waals surface area contributed by atoms with Gasteiger partial charge in [0.25, 0.3) is 0 Å². The van der Waals surface area contributed by atoms with Crippen molar-refractivity contribution in [2.45, 2.75) is 39.0 Å². The standard InChI is InChI=1S/C17H22O3/c1-13(2)17(18)20-16-10-8-15(9-11-16)19-12-14-6-4-3-5-7-14/h8-11,14H,1,3-7,12H2,2H3. The molecule has 0 atom stereocenters. The van der Waals surface area contributed by atoms with Gasteiger partial charge in [0, 0.05) is 5.57 Å². The normalized spacial score (nSPS) is 15.7. The third-order valence-electron chi connectivity index (χ3n) is 3.59. The van der Waals surface area contributed by atoms with Crippen LogP contribution in [-0.2, 0) is 4.79 Å². The van der Waals surface area contributed by atoms with Crippen LogP contribution in [-0.4, -0.2) is 12.6 Å². The topological polar surface area (TPSA) is 35.5 Å². The summed E-state index contributed by atoms with van der Waals surface area (Å²) in [5, 5.41) is 0. The minimum atomic E-state index is -0.402. The van der Waals surface area contributed by atoms with Crippen molar-refractivity contribution < 1.29 is 14.3 Å². The van der Waals surface area contributed by atoms with E-state index in [-0.39, 0.29) is 0 Å². The number of benzene rings is 1. The van der Waals surface area contributed by atoms with Crippen molar-refractivity contribution in [3.8, 4) is 11.5 Å². The fourth-order valence-corrected chi connectivity index (χ4v) is 2.37. The van der Waals surface area contributed by atoms with Crippen molar-refractivity contribution >= 4 is 5.97 Å². The van der Waals surface area contributed by atoms with Gasteiger partial charge in [-0.3, -0.25) is 0 Å². The van der Waals surface area contributed by atoms with E-state index in [1.165, 1.54) is 32.1 Å². The molecule has 3 nitrogen and oxygen atoms in total. The summed E-state index contributed by atoms with van der Waals surface area (Å²) in [5.74, 6) is 1.62. The lowest BCUT2D eigenvalue weighted by Crippen LogP contribution is -2.15. The molecule has 0 aliphatic heterocycles. The molecule has 3 heteroatoms. The first-order chi connectivity index (χ1) is 9.65. The zero-order valence-electron chi connectivity index (χ0n) is 12.1. The molecule has 20 heavy (non-hydrogen) atoms. The summed E-state index contributed by atoms with van der Waals surface area (Å²) in [6.07, 6.45) is 6.55. The molecule has 0 amide bonds. The molecule has 1 aliphatic rings. The van der Waals surface area contributed by atoms with Gasteiger partial charge >= 0.3 is 5.97 Å². The molecule has 2 rings (SSSR count). The molecule has 1 aliphatic carbocycles. The molecule has 0 bridgehead atoms. The van der Waals surface area contributed by atoms with Crippen molar-refractivity contribution in [3.05, 3.63) is 36.4 Å². The highest BCUT2D eigenvalue weighted by molar-refractivity contribution is 5.88. The van der Waals surface area contributed by atoms with E-state index < -0.39 is 5.97 Å². The van der Waals surface area contributed by atoms with Gasteiger partial charge < -0.3 is 9.47 Å². The van der Waals surface area contributed by atoms with Gasteiger partial charge in [-0.1, -0.05) is 25.8 Å². The van der Waals surface area contributed by atoms with Crippen LogP contribution in [0.2, 0.25) is 0 Å². The Morgan fingerprint density at radius 2 is 1.75 bits per heavy atom. The molecule has 0 spiro atoms. The first kappa shape index (κ1) is 14.6. The summed E-state index contributed by atoms with van der Waals surface area (Å²) < 4.78 is 10.9. The van der Waals surface area contributed by atoms with Crippen molar-refractivity contribution in [1.29, 1.82) is 0 Å². The van der Waals surface area contributed by atoms with Crippen LogP contribution in [0.3, 0.4) is 0 Å². The molecular formula is C17H22O3. The smallest absolute Gasteiger partial charge is 0.338 e. The van der Waals surface area contributed by atoms with E-state index >= 15 is 0 Å². The average Bonchev–Trinajstić information content (AvgIpc) is 2.47. The molecule has 0 N–H and O–H groups in total. The summed E-state index contributed by atoms with van der Waals surface area (Å²) in [7, 11) is 0. The van der Waals surface area contributed by atoms with Gasteiger partial charge in [0.05, 0.1) is 6.61 Å². The second-order valence-corrected chi connectivity index (χ2v) is 5.46. The summed E-state index contributed by atoms with van der Waals surface area (Å²) in [4.78, 5) is 11.4. The van der Waals surface area contributed by atoms with Gasteiger partial charge in [0.15, 0.2) is 0 Å². The van der Waals surface area contributed by atoms with Gasteiger partial charge in [-0.05, 0) is 49.9 Å². The zero-order valence-corrected chi connectivity index (χ0v) is 12.1. The Morgan fingerprint density at radius 3 is 2.35 bits per heavy atom. The lowest BCUT2D eigenvalue weighted by molar-refractivity contribution is -0.130. The van der Waals surface area contributed by atoms with Crippen LogP contribution >= 0.6 is 0 Å². The molecule has 1 fully saturated rings. The van der Waals surface area contributed by atoms with Crippen LogP contribution < -0.4 is 9.47 Å². The molecule has 0 saturated heterocycles. The van der Waals surface area contributed by atoms with E-state index in [0.29, 0.717) is 17.2 Å². The van der Waals surface area contributed by atoms with Gasteiger partial charge in [-0.25, -0.2) is 4.79 Å². The lowest BCUT2D eigenvalue weighted by Gasteiger charge is -2.21. The van der Waals surface area contributed by atoms with Crippen molar-refractivity contribution in [2.75, 3.05) is 6.61 Å².